The third-order valence-electron chi connectivity index (χ3n) is 3.10. The predicted molar refractivity (Wildman–Crippen MR) is 89.9 cm³/mol. The van der Waals surface area contributed by atoms with E-state index in [1.165, 1.54) is 26.4 Å². The lowest BCUT2D eigenvalue weighted by Crippen LogP contribution is -2.21. The molecule has 0 fully saturated rings. The second kappa shape index (κ2) is 8.21. The number of esters is 1. The molecule has 0 bridgehead atoms. The Morgan fingerprint density at radius 2 is 1.75 bits per heavy atom. The average molecular weight is 350 g/mol. The number of hydrogen-bond acceptors (Lipinski definition) is 5. The van der Waals surface area contributed by atoms with Crippen LogP contribution in [0.5, 0.6) is 11.5 Å². The molecule has 0 aromatic heterocycles. The molecule has 0 aliphatic heterocycles. The number of carbonyl (C=O) groups is 2. The molecule has 0 aliphatic rings. The Kier molecular flexibility index (Phi) is 6.03. The lowest BCUT2D eigenvalue weighted by Gasteiger charge is -2.11. The molecule has 2 aromatic carbocycles. The van der Waals surface area contributed by atoms with Crippen LogP contribution in [0.2, 0.25) is 5.02 Å². The number of ether oxygens (including phenoxy) is 3. The average Bonchev–Trinajstić information content (AvgIpc) is 2.60. The fraction of sp³-hybridized carbons (Fsp3) is 0.176. The van der Waals surface area contributed by atoms with Gasteiger partial charge in [-0.3, -0.25) is 4.79 Å². The topological polar surface area (TPSA) is 73.9 Å². The monoisotopic (exact) mass is 349 g/mol. The molecule has 0 atom stereocenters. The molecule has 126 valence electrons. The molecular formula is C17H16ClNO5. The highest BCUT2D eigenvalue weighted by Gasteiger charge is 2.12. The number of halogens is 1. The Morgan fingerprint density at radius 1 is 1.04 bits per heavy atom. The first kappa shape index (κ1) is 17.6. The van der Waals surface area contributed by atoms with E-state index in [4.69, 9.17) is 25.8 Å². The summed E-state index contributed by atoms with van der Waals surface area (Å²) in [6.45, 7) is -0.420. The van der Waals surface area contributed by atoms with Crippen molar-refractivity contribution < 1.29 is 23.8 Å². The Hall–Kier alpha value is -2.73. The van der Waals surface area contributed by atoms with Gasteiger partial charge in [-0.1, -0.05) is 11.6 Å². The van der Waals surface area contributed by atoms with Crippen molar-refractivity contribution in [3.05, 3.63) is 53.1 Å². The molecule has 0 unspecified atom stereocenters. The Balaban J connectivity index is 1.93. The highest BCUT2D eigenvalue weighted by molar-refractivity contribution is 6.30. The van der Waals surface area contributed by atoms with Crippen molar-refractivity contribution in [3.8, 4) is 11.5 Å². The van der Waals surface area contributed by atoms with Gasteiger partial charge < -0.3 is 19.5 Å². The molecule has 0 aliphatic carbocycles. The second-order valence-electron chi connectivity index (χ2n) is 4.70. The van der Waals surface area contributed by atoms with Gasteiger partial charge in [0.25, 0.3) is 5.91 Å². The summed E-state index contributed by atoms with van der Waals surface area (Å²) in [5.74, 6) is -0.0602. The van der Waals surface area contributed by atoms with Crippen LogP contribution in [0.25, 0.3) is 0 Å². The van der Waals surface area contributed by atoms with Crippen LogP contribution in [0.3, 0.4) is 0 Å². The van der Waals surface area contributed by atoms with Gasteiger partial charge in [0.2, 0.25) is 0 Å². The Morgan fingerprint density at radius 3 is 2.38 bits per heavy atom. The minimum absolute atomic E-state index is 0.314. The fourth-order valence-electron chi connectivity index (χ4n) is 1.89. The van der Waals surface area contributed by atoms with Crippen molar-refractivity contribution >= 4 is 29.2 Å². The van der Waals surface area contributed by atoms with Gasteiger partial charge in [-0.05, 0) is 36.4 Å². The van der Waals surface area contributed by atoms with Crippen LogP contribution >= 0.6 is 11.6 Å². The van der Waals surface area contributed by atoms with Gasteiger partial charge in [-0.25, -0.2) is 4.79 Å². The maximum atomic E-state index is 11.9. The highest BCUT2D eigenvalue weighted by atomic mass is 35.5. The van der Waals surface area contributed by atoms with E-state index in [0.717, 1.165) is 0 Å². The molecule has 1 amide bonds. The molecule has 0 spiro atoms. The van der Waals surface area contributed by atoms with E-state index in [1.807, 2.05) is 0 Å². The van der Waals surface area contributed by atoms with Gasteiger partial charge in [-0.2, -0.15) is 0 Å². The van der Waals surface area contributed by atoms with Gasteiger partial charge in [0.05, 0.1) is 25.5 Å². The van der Waals surface area contributed by atoms with Crippen LogP contribution in [-0.2, 0) is 9.53 Å². The standard InChI is InChI=1S/C17H16ClNO5/c1-22-13-7-8-14(15(9-13)23-2)19-16(20)10-24-17(21)11-3-5-12(18)6-4-11/h3-9H,10H2,1-2H3,(H,19,20). The zero-order valence-corrected chi connectivity index (χ0v) is 13.9. The van der Waals surface area contributed by atoms with Gasteiger partial charge >= 0.3 is 5.97 Å². The number of nitrogens with one attached hydrogen (secondary N) is 1. The van der Waals surface area contributed by atoms with Crippen molar-refractivity contribution in [1.82, 2.24) is 0 Å². The van der Waals surface area contributed by atoms with Crippen LogP contribution in [0, 0.1) is 0 Å². The quantitative estimate of drug-likeness (QED) is 0.811. The summed E-state index contributed by atoms with van der Waals surface area (Å²) in [6, 6.07) is 11.1. The number of benzene rings is 2. The highest BCUT2D eigenvalue weighted by Crippen LogP contribution is 2.28. The molecule has 6 nitrogen and oxygen atoms in total. The van der Waals surface area contributed by atoms with E-state index in [-0.39, 0.29) is 0 Å². The molecule has 0 saturated carbocycles. The van der Waals surface area contributed by atoms with E-state index in [2.05, 4.69) is 5.32 Å². The second-order valence-corrected chi connectivity index (χ2v) is 5.13. The molecule has 0 heterocycles. The Labute approximate surface area is 144 Å². The van der Waals surface area contributed by atoms with Crippen molar-refractivity contribution in [2.45, 2.75) is 0 Å². The maximum Gasteiger partial charge on any atom is 0.338 e. The first-order valence-corrected chi connectivity index (χ1v) is 7.36. The maximum absolute atomic E-state index is 11.9. The summed E-state index contributed by atoms with van der Waals surface area (Å²) >= 11 is 5.75. The number of hydrogen-bond donors (Lipinski definition) is 1. The third-order valence-corrected chi connectivity index (χ3v) is 3.35. The largest absolute Gasteiger partial charge is 0.497 e. The molecule has 24 heavy (non-hydrogen) atoms. The number of rotatable bonds is 6. The smallest absolute Gasteiger partial charge is 0.338 e. The van der Waals surface area contributed by atoms with E-state index >= 15 is 0 Å². The zero-order chi connectivity index (χ0) is 17.5. The van der Waals surface area contributed by atoms with Crippen LogP contribution < -0.4 is 14.8 Å². The summed E-state index contributed by atoms with van der Waals surface area (Å²) in [5, 5.41) is 3.12. The number of anilines is 1. The lowest BCUT2D eigenvalue weighted by atomic mass is 10.2. The molecule has 1 N–H and O–H groups in total. The number of amides is 1. The van der Waals surface area contributed by atoms with E-state index in [0.29, 0.717) is 27.8 Å². The molecule has 7 heteroatoms. The zero-order valence-electron chi connectivity index (χ0n) is 13.2. The number of carbonyl (C=O) groups excluding carboxylic acids is 2. The summed E-state index contributed by atoms with van der Waals surface area (Å²) in [5.41, 5.74) is 0.764. The number of methoxy groups -OCH3 is 2. The minimum Gasteiger partial charge on any atom is -0.497 e. The Bertz CT molecular complexity index is 730. The third kappa shape index (κ3) is 4.63. The van der Waals surface area contributed by atoms with E-state index in [9.17, 15) is 9.59 Å². The summed E-state index contributed by atoms with van der Waals surface area (Å²) in [6.07, 6.45) is 0. The van der Waals surface area contributed by atoms with Crippen molar-refractivity contribution in [2.24, 2.45) is 0 Å². The van der Waals surface area contributed by atoms with Crippen LogP contribution in [-0.4, -0.2) is 32.7 Å². The van der Waals surface area contributed by atoms with Crippen LogP contribution in [0.1, 0.15) is 10.4 Å². The lowest BCUT2D eigenvalue weighted by molar-refractivity contribution is -0.119. The van der Waals surface area contributed by atoms with E-state index in [1.54, 1.807) is 30.3 Å². The van der Waals surface area contributed by atoms with Crippen LogP contribution in [0.4, 0.5) is 5.69 Å². The molecular weight excluding hydrogens is 334 g/mol. The van der Waals surface area contributed by atoms with Crippen molar-refractivity contribution in [2.75, 3.05) is 26.1 Å². The molecule has 0 saturated heterocycles. The SMILES string of the molecule is COc1ccc(NC(=O)COC(=O)c2ccc(Cl)cc2)c(OC)c1. The molecule has 0 radical (unpaired) electrons. The molecule has 2 aromatic rings. The van der Waals surface area contributed by atoms with Gasteiger partial charge in [0, 0.05) is 11.1 Å². The summed E-state index contributed by atoms with van der Waals surface area (Å²) in [7, 11) is 3.01. The van der Waals surface area contributed by atoms with Crippen molar-refractivity contribution in [3.63, 3.8) is 0 Å². The van der Waals surface area contributed by atoms with Crippen molar-refractivity contribution in [1.29, 1.82) is 0 Å². The first-order valence-electron chi connectivity index (χ1n) is 6.98. The van der Waals surface area contributed by atoms with E-state index < -0.39 is 18.5 Å². The fourth-order valence-corrected chi connectivity index (χ4v) is 2.01. The predicted octanol–water partition coefficient (Wildman–Crippen LogP) is 3.15. The first-order chi connectivity index (χ1) is 11.5. The summed E-state index contributed by atoms with van der Waals surface area (Å²) in [4.78, 5) is 23.8. The van der Waals surface area contributed by atoms with Crippen LogP contribution in [0.15, 0.2) is 42.5 Å². The molecule has 2 rings (SSSR count). The minimum atomic E-state index is -0.608. The van der Waals surface area contributed by atoms with Gasteiger partial charge in [-0.15, -0.1) is 0 Å². The summed E-state index contributed by atoms with van der Waals surface area (Å²) < 4.78 is 15.2. The van der Waals surface area contributed by atoms with Gasteiger partial charge in [0.15, 0.2) is 6.61 Å². The van der Waals surface area contributed by atoms with Gasteiger partial charge in [0.1, 0.15) is 11.5 Å². The normalized spacial score (nSPS) is 9.96.